The normalized spacial score (nSPS) is 16.5. The zero-order chi connectivity index (χ0) is 16.4. The first kappa shape index (κ1) is 15.6. The molecule has 1 aliphatic rings. The summed E-state index contributed by atoms with van der Waals surface area (Å²) in [4.78, 5) is 10.9. The lowest BCUT2D eigenvalue weighted by Gasteiger charge is -2.21. The van der Waals surface area contributed by atoms with Crippen LogP contribution in [0.15, 0.2) is 24.5 Å². The van der Waals surface area contributed by atoms with E-state index in [2.05, 4.69) is 28.7 Å². The maximum atomic E-state index is 9.83. The molecular weight excluding hydrogens is 290 g/mol. The van der Waals surface area contributed by atoms with Gasteiger partial charge in [-0.05, 0) is 42.5 Å². The molecule has 23 heavy (non-hydrogen) atoms. The van der Waals surface area contributed by atoms with Crippen LogP contribution in [0.4, 0.5) is 11.5 Å². The predicted molar refractivity (Wildman–Crippen MR) is 90.7 cm³/mol. The Morgan fingerprint density at radius 3 is 2.96 bits per heavy atom. The van der Waals surface area contributed by atoms with Gasteiger partial charge in [0.25, 0.3) is 0 Å². The summed E-state index contributed by atoms with van der Waals surface area (Å²) >= 11 is 0. The molecule has 0 saturated heterocycles. The van der Waals surface area contributed by atoms with Crippen LogP contribution in [0.2, 0.25) is 0 Å². The summed E-state index contributed by atoms with van der Waals surface area (Å²) < 4.78 is 5.89. The second kappa shape index (κ2) is 6.44. The molecule has 0 saturated carbocycles. The van der Waals surface area contributed by atoms with Gasteiger partial charge in [-0.2, -0.15) is 0 Å². The van der Waals surface area contributed by atoms with Crippen LogP contribution in [-0.2, 0) is 6.42 Å². The third kappa shape index (κ3) is 2.96. The minimum Gasteiger partial charge on any atom is -0.508 e. The number of fused-ring (bicyclic) bond motifs is 2. The Morgan fingerprint density at radius 2 is 2.17 bits per heavy atom. The largest absolute Gasteiger partial charge is 0.508 e. The summed E-state index contributed by atoms with van der Waals surface area (Å²) in [6.07, 6.45) is 4.46. The van der Waals surface area contributed by atoms with Gasteiger partial charge in [0, 0.05) is 12.7 Å². The zero-order valence-electron chi connectivity index (χ0n) is 13.9. The Morgan fingerprint density at radius 1 is 1.35 bits per heavy atom. The van der Waals surface area contributed by atoms with E-state index in [4.69, 9.17) is 4.74 Å². The zero-order valence-corrected chi connectivity index (χ0v) is 13.9. The van der Waals surface area contributed by atoms with Crippen LogP contribution in [-0.4, -0.2) is 28.7 Å². The van der Waals surface area contributed by atoms with Gasteiger partial charge >= 0.3 is 0 Å². The molecule has 0 aliphatic carbocycles. The van der Waals surface area contributed by atoms with Crippen molar-refractivity contribution in [3.8, 4) is 11.6 Å². The molecule has 5 nitrogen and oxygen atoms in total. The highest BCUT2D eigenvalue weighted by atomic mass is 16.5. The minimum atomic E-state index is 0.250. The number of unbranched alkanes of at least 4 members (excludes halogenated alkanes) is 1. The SMILES string of the molecule is CCCCOc1ncnc2c1C[C@@H](C)c1cc(O)ccc1N2C. The van der Waals surface area contributed by atoms with Gasteiger partial charge in [0.15, 0.2) is 0 Å². The number of ether oxygens (including phenoxy) is 1. The highest BCUT2D eigenvalue weighted by molar-refractivity contribution is 5.70. The van der Waals surface area contributed by atoms with Crippen molar-refractivity contribution in [1.82, 2.24) is 9.97 Å². The second-order valence-electron chi connectivity index (χ2n) is 6.09. The molecule has 1 atom stereocenters. The van der Waals surface area contributed by atoms with E-state index in [0.29, 0.717) is 18.2 Å². The fourth-order valence-corrected chi connectivity index (χ4v) is 3.06. The number of rotatable bonds is 4. The molecule has 0 fully saturated rings. The number of phenolic OH excluding ortho intramolecular Hbond substituents is 1. The molecule has 0 unspecified atom stereocenters. The Kier molecular flexibility index (Phi) is 4.37. The van der Waals surface area contributed by atoms with Crippen molar-refractivity contribution in [1.29, 1.82) is 0 Å². The first-order valence-electron chi connectivity index (χ1n) is 8.15. The van der Waals surface area contributed by atoms with Crippen LogP contribution in [0.1, 0.15) is 43.7 Å². The number of benzene rings is 1. The summed E-state index contributed by atoms with van der Waals surface area (Å²) in [5.41, 5.74) is 3.21. The van der Waals surface area contributed by atoms with Crippen molar-refractivity contribution >= 4 is 11.5 Å². The Balaban J connectivity index is 2.03. The van der Waals surface area contributed by atoms with E-state index in [0.717, 1.165) is 41.9 Å². The van der Waals surface area contributed by atoms with Gasteiger partial charge in [-0.1, -0.05) is 20.3 Å². The molecule has 1 aliphatic heterocycles. The van der Waals surface area contributed by atoms with Crippen molar-refractivity contribution in [3.05, 3.63) is 35.7 Å². The molecule has 122 valence electrons. The van der Waals surface area contributed by atoms with Gasteiger partial charge in [-0.3, -0.25) is 0 Å². The molecule has 0 bridgehead atoms. The van der Waals surface area contributed by atoms with Gasteiger partial charge in [-0.15, -0.1) is 0 Å². The molecule has 0 spiro atoms. The monoisotopic (exact) mass is 313 g/mol. The maximum Gasteiger partial charge on any atom is 0.221 e. The maximum absolute atomic E-state index is 9.83. The predicted octanol–water partition coefficient (Wildman–Crippen LogP) is 3.79. The molecule has 2 heterocycles. The third-order valence-corrected chi connectivity index (χ3v) is 4.35. The Labute approximate surface area is 137 Å². The summed E-state index contributed by atoms with van der Waals surface area (Å²) in [6, 6.07) is 5.50. The van der Waals surface area contributed by atoms with E-state index in [1.807, 2.05) is 19.2 Å². The first-order valence-corrected chi connectivity index (χ1v) is 8.15. The number of phenols is 1. The van der Waals surface area contributed by atoms with Crippen LogP contribution >= 0.6 is 0 Å². The fraction of sp³-hybridized carbons (Fsp3) is 0.444. The highest BCUT2D eigenvalue weighted by Gasteiger charge is 2.27. The average molecular weight is 313 g/mol. The molecular formula is C18H23N3O2. The van der Waals surface area contributed by atoms with E-state index in [1.165, 1.54) is 0 Å². The molecule has 0 radical (unpaired) electrons. The van der Waals surface area contributed by atoms with Crippen LogP contribution in [0.5, 0.6) is 11.6 Å². The third-order valence-electron chi connectivity index (χ3n) is 4.35. The Bertz CT molecular complexity index is 703. The standard InChI is InChI=1S/C18H23N3O2/c1-4-5-8-23-18-15-9-12(2)14-10-13(22)6-7-16(14)21(3)17(15)19-11-20-18/h6-7,10-12,22H,4-5,8-9H2,1-3H3/t12-/m1/s1. The molecule has 2 aromatic rings. The number of hydrogen-bond donors (Lipinski definition) is 1. The number of aromatic hydroxyl groups is 1. The molecule has 1 N–H and O–H groups in total. The fourth-order valence-electron chi connectivity index (χ4n) is 3.06. The van der Waals surface area contributed by atoms with E-state index in [1.54, 1.807) is 12.4 Å². The number of anilines is 2. The lowest BCUT2D eigenvalue weighted by molar-refractivity contribution is 0.293. The Hall–Kier alpha value is -2.30. The molecule has 5 heteroatoms. The van der Waals surface area contributed by atoms with Crippen LogP contribution in [0.3, 0.4) is 0 Å². The number of aromatic nitrogens is 2. The van der Waals surface area contributed by atoms with Gasteiger partial charge in [0.1, 0.15) is 17.9 Å². The quantitative estimate of drug-likeness (QED) is 0.870. The average Bonchev–Trinajstić information content (AvgIpc) is 2.65. The van der Waals surface area contributed by atoms with Crippen molar-refractivity contribution < 1.29 is 9.84 Å². The van der Waals surface area contributed by atoms with Crippen molar-refractivity contribution in [2.24, 2.45) is 0 Å². The van der Waals surface area contributed by atoms with E-state index < -0.39 is 0 Å². The van der Waals surface area contributed by atoms with Gasteiger partial charge < -0.3 is 14.7 Å². The highest BCUT2D eigenvalue weighted by Crippen LogP contribution is 2.42. The molecule has 1 aromatic carbocycles. The van der Waals surface area contributed by atoms with Crippen molar-refractivity contribution in [2.45, 2.75) is 39.0 Å². The van der Waals surface area contributed by atoms with Gasteiger partial charge in [0.2, 0.25) is 5.88 Å². The lowest BCUT2D eigenvalue weighted by atomic mass is 9.94. The lowest BCUT2D eigenvalue weighted by Crippen LogP contribution is -2.14. The van der Waals surface area contributed by atoms with Gasteiger partial charge in [0.05, 0.1) is 12.2 Å². The molecule has 3 rings (SSSR count). The van der Waals surface area contributed by atoms with Crippen LogP contribution < -0.4 is 9.64 Å². The first-order chi connectivity index (χ1) is 11.1. The van der Waals surface area contributed by atoms with Crippen molar-refractivity contribution in [2.75, 3.05) is 18.6 Å². The van der Waals surface area contributed by atoms with Gasteiger partial charge in [-0.25, -0.2) is 9.97 Å². The van der Waals surface area contributed by atoms with E-state index >= 15 is 0 Å². The van der Waals surface area contributed by atoms with E-state index in [-0.39, 0.29) is 5.92 Å². The summed E-state index contributed by atoms with van der Waals surface area (Å²) in [5.74, 6) is 2.10. The van der Waals surface area contributed by atoms with Crippen LogP contribution in [0.25, 0.3) is 0 Å². The number of hydrogen-bond acceptors (Lipinski definition) is 5. The second-order valence-corrected chi connectivity index (χ2v) is 6.09. The molecule has 1 aromatic heterocycles. The number of nitrogens with zero attached hydrogens (tertiary/aromatic N) is 3. The minimum absolute atomic E-state index is 0.250. The van der Waals surface area contributed by atoms with Crippen molar-refractivity contribution in [3.63, 3.8) is 0 Å². The molecule has 0 amide bonds. The summed E-state index contributed by atoms with van der Waals surface area (Å²) in [7, 11) is 2.00. The smallest absolute Gasteiger partial charge is 0.221 e. The summed E-state index contributed by atoms with van der Waals surface area (Å²) in [6.45, 7) is 4.97. The topological polar surface area (TPSA) is 58.5 Å². The summed E-state index contributed by atoms with van der Waals surface area (Å²) in [5, 5.41) is 9.83. The van der Waals surface area contributed by atoms with E-state index in [9.17, 15) is 5.11 Å². The van der Waals surface area contributed by atoms with Crippen LogP contribution in [0, 0.1) is 0 Å².